The first-order valence-corrected chi connectivity index (χ1v) is 9.00. The zero-order valence-electron chi connectivity index (χ0n) is 15.3. The van der Waals surface area contributed by atoms with Crippen molar-refractivity contribution in [2.24, 2.45) is 5.73 Å². The lowest BCUT2D eigenvalue weighted by atomic mass is 9.98. The Hall–Kier alpha value is -3.53. The molecule has 1 unspecified atom stereocenters. The zero-order chi connectivity index (χ0) is 20.7. The van der Waals surface area contributed by atoms with Crippen molar-refractivity contribution < 1.29 is 18.8 Å². The fraction of sp³-hybridized carbons (Fsp3) is 0.263. The van der Waals surface area contributed by atoms with Crippen LogP contribution in [-0.2, 0) is 4.74 Å². The van der Waals surface area contributed by atoms with E-state index in [-0.39, 0.29) is 11.5 Å². The molecule has 2 aromatic carbocycles. The van der Waals surface area contributed by atoms with Gasteiger partial charge in [0.15, 0.2) is 0 Å². The number of nitro groups is 1. The molecule has 2 heterocycles. The minimum atomic E-state index is -1.17. The number of primary amides is 1. The number of aromatic amines is 1. The molecule has 0 aliphatic carbocycles. The van der Waals surface area contributed by atoms with Gasteiger partial charge in [-0.15, -0.1) is 0 Å². The number of hydrogen-bond acceptors (Lipinski definition) is 6. The summed E-state index contributed by atoms with van der Waals surface area (Å²) in [4.78, 5) is 30.1. The van der Waals surface area contributed by atoms with Crippen LogP contribution in [0.1, 0.15) is 34.9 Å². The van der Waals surface area contributed by atoms with Crippen LogP contribution in [0.3, 0.4) is 0 Å². The number of hydrogen-bond donors (Lipinski definition) is 3. The van der Waals surface area contributed by atoms with Gasteiger partial charge in [0.2, 0.25) is 0 Å². The van der Waals surface area contributed by atoms with Gasteiger partial charge < -0.3 is 21.2 Å². The number of nitrogens with one attached hydrogen (secondary N) is 1. The van der Waals surface area contributed by atoms with E-state index in [0.717, 1.165) is 31.3 Å². The second-order valence-electron chi connectivity index (χ2n) is 6.93. The number of imidazole rings is 1. The summed E-state index contributed by atoms with van der Waals surface area (Å²) in [5, 5.41) is 11.6. The first kappa shape index (κ1) is 18.8. The molecule has 5 N–H and O–H groups in total. The molecule has 9 nitrogen and oxygen atoms in total. The van der Waals surface area contributed by atoms with Gasteiger partial charge in [-0.05, 0) is 36.6 Å². The molecule has 29 heavy (non-hydrogen) atoms. The Morgan fingerprint density at radius 1 is 1.38 bits per heavy atom. The lowest BCUT2D eigenvalue weighted by Crippen LogP contribution is -2.17. The van der Waals surface area contributed by atoms with Gasteiger partial charge in [-0.25, -0.2) is 9.37 Å². The topological polar surface area (TPSA) is 150 Å². The molecule has 0 radical (unpaired) electrons. The molecule has 1 aromatic heterocycles. The number of carbonyl (C=O) groups is 1. The van der Waals surface area contributed by atoms with Crippen LogP contribution in [0.15, 0.2) is 24.3 Å². The number of nitrogen functional groups attached to an aromatic ring is 1. The predicted molar refractivity (Wildman–Crippen MR) is 104 cm³/mol. The number of rotatable bonds is 4. The Morgan fingerprint density at radius 2 is 2.17 bits per heavy atom. The monoisotopic (exact) mass is 399 g/mol. The molecular formula is C19H18FN5O4. The summed E-state index contributed by atoms with van der Waals surface area (Å²) in [6.07, 6.45) is 1.90. The van der Waals surface area contributed by atoms with Gasteiger partial charge in [-0.1, -0.05) is 6.07 Å². The molecule has 10 heteroatoms. The average molecular weight is 399 g/mol. The van der Waals surface area contributed by atoms with Crippen LogP contribution < -0.4 is 11.5 Å². The molecule has 150 valence electrons. The van der Waals surface area contributed by atoms with Gasteiger partial charge >= 0.3 is 5.69 Å². The molecule has 1 amide bonds. The molecule has 0 saturated carbocycles. The van der Waals surface area contributed by atoms with Gasteiger partial charge in [0, 0.05) is 12.5 Å². The first-order valence-electron chi connectivity index (χ1n) is 9.00. The molecule has 1 aliphatic rings. The van der Waals surface area contributed by atoms with E-state index >= 15 is 0 Å². The maximum absolute atomic E-state index is 14.4. The number of aromatic nitrogens is 2. The van der Waals surface area contributed by atoms with Crippen LogP contribution in [0, 0.1) is 15.9 Å². The van der Waals surface area contributed by atoms with Crippen molar-refractivity contribution in [2.75, 3.05) is 18.9 Å². The van der Waals surface area contributed by atoms with Gasteiger partial charge in [-0.3, -0.25) is 14.9 Å². The Bertz CT molecular complexity index is 1140. The normalized spacial score (nSPS) is 16.8. The van der Waals surface area contributed by atoms with Crippen molar-refractivity contribution in [1.82, 2.24) is 9.97 Å². The van der Waals surface area contributed by atoms with E-state index in [2.05, 4.69) is 9.97 Å². The van der Waals surface area contributed by atoms with Crippen molar-refractivity contribution >= 4 is 28.3 Å². The Kier molecular flexibility index (Phi) is 4.63. The van der Waals surface area contributed by atoms with Crippen LogP contribution in [0.25, 0.3) is 22.2 Å². The number of nitro benzene ring substituents is 1. The molecule has 1 atom stereocenters. The van der Waals surface area contributed by atoms with E-state index in [1.54, 1.807) is 18.2 Å². The fourth-order valence-electron chi connectivity index (χ4n) is 3.67. The van der Waals surface area contributed by atoms with Crippen LogP contribution in [0.5, 0.6) is 0 Å². The molecule has 1 fully saturated rings. The van der Waals surface area contributed by atoms with Crippen molar-refractivity contribution in [1.29, 1.82) is 0 Å². The average Bonchev–Trinajstić information content (AvgIpc) is 3.11. The van der Waals surface area contributed by atoms with Crippen molar-refractivity contribution in [3.63, 3.8) is 0 Å². The predicted octanol–water partition coefficient (Wildman–Crippen LogP) is 2.85. The maximum atomic E-state index is 14.4. The highest BCUT2D eigenvalue weighted by molar-refractivity contribution is 6.03. The Balaban J connectivity index is 1.84. The third kappa shape index (κ3) is 3.27. The quantitative estimate of drug-likeness (QED) is 0.349. The Morgan fingerprint density at radius 3 is 2.83 bits per heavy atom. The maximum Gasteiger partial charge on any atom is 0.300 e. The summed E-state index contributed by atoms with van der Waals surface area (Å²) in [5.74, 6) is -1.25. The number of anilines is 1. The molecule has 4 rings (SSSR count). The summed E-state index contributed by atoms with van der Waals surface area (Å²) in [7, 11) is 0. The van der Waals surface area contributed by atoms with E-state index in [1.165, 1.54) is 0 Å². The smallest absolute Gasteiger partial charge is 0.300 e. The SMILES string of the molecule is NC(=O)c1c(F)cc(-c2ccc3nc(C4CCCOC4)[nH]c3c2)c([N+](=O)[O-])c1N. The van der Waals surface area contributed by atoms with Crippen LogP contribution >= 0.6 is 0 Å². The Labute approximate surface area is 164 Å². The molecule has 0 spiro atoms. The summed E-state index contributed by atoms with van der Waals surface area (Å²) >= 11 is 0. The van der Waals surface area contributed by atoms with Gasteiger partial charge in [-0.2, -0.15) is 0 Å². The number of H-pyrrole nitrogens is 1. The summed E-state index contributed by atoms with van der Waals surface area (Å²) in [5.41, 5.74) is 10.6. The highest BCUT2D eigenvalue weighted by atomic mass is 19.1. The van der Waals surface area contributed by atoms with E-state index in [4.69, 9.17) is 16.2 Å². The minimum absolute atomic E-state index is 0.0472. The number of ether oxygens (including phenoxy) is 1. The summed E-state index contributed by atoms with van der Waals surface area (Å²) in [6, 6.07) is 5.83. The van der Waals surface area contributed by atoms with E-state index < -0.39 is 33.6 Å². The number of fused-ring (bicyclic) bond motifs is 1. The fourth-order valence-corrected chi connectivity index (χ4v) is 3.67. The number of benzene rings is 2. The second-order valence-corrected chi connectivity index (χ2v) is 6.93. The van der Waals surface area contributed by atoms with Gasteiger partial charge in [0.1, 0.15) is 22.9 Å². The number of nitrogens with zero attached hydrogens (tertiary/aromatic N) is 2. The molecular weight excluding hydrogens is 381 g/mol. The number of carbonyl (C=O) groups excluding carboxylic acids is 1. The van der Waals surface area contributed by atoms with E-state index in [9.17, 15) is 19.3 Å². The van der Waals surface area contributed by atoms with Crippen LogP contribution in [0.4, 0.5) is 15.8 Å². The third-order valence-corrected chi connectivity index (χ3v) is 5.08. The zero-order valence-corrected chi connectivity index (χ0v) is 15.3. The largest absolute Gasteiger partial charge is 0.392 e. The standard InChI is InChI=1S/C19H18FN5O4/c20-12-7-11(17(25(27)28)16(21)15(12)18(22)26)9-3-4-13-14(6-9)24-19(23-13)10-2-1-5-29-8-10/h3-4,6-7,10H,1-2,5,8,21H2,(H2,22,26)(H,23,24). The molecule has 3 aromatic rings. The number of amides is 1. The van der Waals surface area contributed by atoms with Gasteiger partial charge in [0.05, 0.1) is 28.1 Å². The third-order valence-electron chi connectivity index (χ3n) is 5.08. The second kappa shape index (κ2) is 7.13. The van der Waals surface area contributed by atoms with Crippen LogP contribution in [0.2, 0.25) is 0 Å². The lowest BCUT2D eigenvalue weighted by Gasteiger charge is -2.19. The van der Waals surface area contributed by atoms with Gasteiger partial charge in [0.25, 0.3) is 5.91 Å². The van der Waals surface area contributed by atoms with Crippen molar-refractivity contribution in [3.8, 4) is 11.1 Å². The van der Waals surface area contributed by atoms with E-state index in [1.807, 2.05) is 0 Å². The summed E-state index contributed by atoms with van der Waals surface area (Å²) in [6.45, 7) is 1.31. The number of halogens is 1. The highest BCUT2D eigenvalue weighted by Crippen LogP contribution is 2.39. The lowest BCUT2D eigenvalue weighted by molar-refractivity contribution is -0.383. The van der Waals surface area contributed by atoms with E-state index in [0.29, 0.717) is 23.2 Å². The first-order chi connectivity index (χ1) is 13.9. The van der Waals surface area contributed by atoms with Crippen molar-refractivity contribution in [2.45, 2.75) is 18.8 Å². The molecule has 0 bridgehead atoms. The highest BCUT2D eigenvalue weighted by Gasteiger charge is 2.28. The molecule has 1 saturated heterocycles. The van der Waals surface area contributed by atoms with Crippen molar-refractivity contribution in [3.05, 3.63) is 51.6 Å². The number of nitrogens with two attached hydrogens (primary N) is 2. The minimum Gasteiger partial charge on any atom is -0.392 e. The summed E-state index contributed by atoms with van der Waals surface area (Å²) < 4.78 is 19.9. The molecule has 1 aliphatic heterocycles. The van der Waals surface area contributed by atoms with Crippen LogP contribution in [-0.4, -0.2) is 34.0 Å².